The average molecular weight is 241 g/mol. The van der Waals surface area contributed by atoms with E-state index in [-0.39, 0.29) is 0 Å². The van der Waals surface area contributed by atoms with E-state index in [9.17, 15) is 0 Å². The molecule has 0 unspecified atom stereocenters. The zero-order valence-electron chi connectivity index (χ0n) is 11.1. The van der Waals surface area contributed by atoms with Crippen molar-refractivity contribution in [3.63, 3.8) is 0 Å². The van der Waals surface area contributed by atoms with Gasteiger partial charge in [-0.15, -0.1) is 0 Å². The Kier molecular flexibility index (Phi) is 3.82. The molecule has 0 aliphatic carbocycles. The molecule has 94 valence electrons. The number of nitrogens with one attached hydrogen (secondary N) is 2. The smallest absolute Gasteiger partial charge is 0.0591 e. The van der Waals surface area contributed by atoms with Crippen molar-refractivity contribution < 1.29 is 0 Å². The molecule has 3 heteroatoms. The van der Waals surface area contributed by atoms with Crippen molar-refractivity contribution in [1.29, 1.82) is 0 Å². The van der Waals surface area contributed by atoms with E-state index in [1.165, 1.54) is 5.56 Å². The molecule has 0 fully saturated rings. The summed E-state index contributed by atoms with van der Waals surface area (Å²) in [5, 5.41) is 6.51. The van der Waals surface area contributed by atoms with E-state index in [0.29, 0.717) is 5.92 Å². The van der Waals surface area contributed by atoms with Crippen molar-refractivity contribution in [1.82, 2.24) is 4.98 Å². The summed E-state index contributed by atoms with van der Waals surface area (Å²) in [6, 6.07) is 10.4. The summed E-state index contributed by atoms with van der Waals surface area (Å²) in [5.41, 5.74) is 4.45. The molecular formula is C15H19N3. The van der Waals surface area contributed by atoms with Gasteiger partial charge in [0.25, 0.3) is 0 Å². The van der Waals surface area contributed by atoms with Crippen molar-refractivity contribution in [2.45, 2.75) is 19.8 Å². The van der Waals surface area contributed by atoms with Crippen LogP contribution in [0.3, 0.4) is 0 Å². The molecule has 2 rings (SSSR count). The average Bonchev–Trinajstić information content (AvgIpc) is 2.39. The first-order valence-corrected chi connectivity index (χ1v) is 6.19. The summed E-state index contributed by atoms with van der Waals surface area (Å²) in [5.74, 6) is 0.495. The molecule has 1 aromatic carbocycles. The summed E-state index contributed by atoms with van der Waals surface area (Å²) in [6.45, 7) is 4.39. The molecule has 0 saturated carbocycles. The zero-order valence-corrected chi connectivity index (χ0v) is 11.1. The molecule has 0 aliphatic rings. The van der Waals surface area contributed by atoms with Crippen molar-refractivity contribution in [3.05, 3.63) is 48.3 Å². The van der Waals surface area contributed by atoms with Crippen LogP contribution in [0.2, 0.25) is 0 Å². The molecule has 3 nitrogen and oxygen atoms in total. The van der Waals surface area contributed by atoms with E-state index in [0.717, 1.165) is 17.1 Å². The molecular weight excluding hydrogens is 222 g/mol. The number of para-hydroxylation sites is 1. The van der Waals surface area contributed by atoms with Crippen LogP contribution in [-0.2, 0) is 0 Å². The van der Waals surface area contributed by atoms with Crippen LogP contribution in [-0.4, -0.2) is 12.0 Å². The minimum Gasteiger partial charge on any atom is -0.387 e. The molecule has 18 heavy (non-hydrogen) atoms. The fourth-order valence-electron chi connectivity index (χ4n) is 1.91. The van der Waals surface area contributed by atoms with Crippen LogP contribution in [0.4, 0.5) is 17.1 Å². The number of nitrogens with zero attached hydrogens (tertiary/aromatic N) is 1. The molecule has 0 spiro atoms. The largest absolute Gasteiger partial charge is 0.387 e. The van der Waals surface area contributed by atoms with E-state index < -0.39 is 0 Å². The van der Waals surface area contributed by atoms with Crippen LogP contribution >= 0.6 is 0 Å². The summed E-state index contributed by atoms with van der Waals surface area (Å²) in [4.78, 5) is 4.20. The highest BCUT2D eigenvalue weighted by molar-refractivity contribution is 5.66. The zero-order chi connectivity index (χ0) is 13.0. The SMILES string of the molecule is CNc1cncc(Nc2ccccc2C(C)C)c1. The summed E-state index contributed by atoms with van der Waals surface area (Å²) < 4.78 is 0. The first-order valence-electron chi connectivity index (χ1n) is 6.19. The van der Waals surface area contributed by atoms with Gasteiger partial charge >= 0.3 is 0 Å². The Hall–Kier alpha value is -2.03. The Labute approximate surface area is 108 Å². The number of aromatic nitrogens is 1. The van der Waals surface area contributed by atoms with E-state index in [1.807, 2.05) is 25.4 Å². The normalized spacial score (nSPS) is 10.4. The van der Waals surface area contributed by atoms with Gasteiger partial charge in [-0.25, -0.2) is 0 Å². The summed E-state index contributed by atoms with van der Waals surface area (Å²) in [7, 11) is 1.89. The topological polar surface area (TPSA) is 37.0 Å². The molecule has 0 amide bonds. The van der Waals surface area contributed by atoms with Crippen LogP contribution in [0.25, 0.3) is 0 Å². The van der Waals surface area contributed by atoms with Crippen molar-refractivity contribution in [2.24, 2.45) is 0 Å². The summed E-state index contributed by atoms with van der Waals surface area (Å²) >= 11 is 0. The molecule has 1 heterocycles. The number of benzene rings is 1. The highest BCUT2D eigenvalue weighted by Gasteiger charge is 2.06. The highest BCUT2D eigenvalue weighted by atomic mass is 14.9. The molecule has 0 bridgehead atoms. The summed E-state index contributed by atoms with van der Waals surface area (Å²) in [6.07, 6.45) is 3.64. The third kappa shape index (κ3) is 2.80. The lowest BCUT2D eigenvalue weighted by molar-refractivity contribution is 0.869. The first kappa shape index (κ1) is 12.4. The van der Waals surface area contributed by atoms with Crippen molar-refractivity contribution in [2.75, 3.05) is 17.7 Å². The number of rotatable bonds is 4. The number of pyridine rings is 1. The van der Waals surface area contributed by atoms with Crippen LogP contribution < -0.4 is 10.6 Å². The Morgan fingerprint density at radius 2 is 1.78 bits per heavy atom. The maximum Gasteiger partial charge on any atom is 0.0591 e. The van der Waals surface area contributed by atoms with Gasteiger partial charge < -0.3 is 10.6 Å². The maximum atomic E-state index is 4.20. The Bertz CT molecular complexity index is 521. The van der Waals surface area contributed by atoms with E-state index in [4.69, 9.17) is 0 Å². The molecule has 0 atom stereocenters. The van der Waals surface area contributed by atoms with E-state index in [2.05, 4.69) is 47.7 Å². The lowest BCUT2D eigenvalue weighted by Gasteiger charge is -2.14. The molecule has 0 radical (unpaired) electrons. The molecule has 0 aliphatic heterocycles. The second-order valence-corrected chi connectivity index (χ2v) is 4.58. The predicted octanol–water partition coefficient (Wildman–Crippen LogP) is 3.99. The van der Waals surface area contributed by atoms with Gasteiger partial charge in [0.2, 0.25) is 0 Å². The van der Waals surface area contributed by atoms with Crippen molar-refractivity contribution in [3.8, 4) is 0 Å². The number of hydrogen-bond donors (Lipinski definition) is 2. The molecule has 0 saturated heterocycles. The Morgan fingerprint density at radius 3 is 2.50 bits per heavy atom. The monoisotopic (exact) mass is 241 g/mol. The van der Waals surface area contributed by atoms with Crippen LogP contribution in [0.1, 0.15) is 25.3 Å². The Morgan fingerprint density at radius 1 is 1.06 bits per heavy atom. The molecule has 1 aromatic heterocycles. The van der Waals surface area contributed by atoms with Gasteiger partial charge in [0.15, 0.2) is 0 Å². The lowest BCUT2D eigenvalue weighted by Crippen LogP contribution is -1.98. The fraction of sp³-hybridized carbons (Fsp3) is 0.267. The van der Waals surface area contributed by atoms with E-state index in [1.54, 1.807) is 6.20 Å². The van der Waals surface area contributed by atoms with E-state index >= 15 is 0 Å². The minimum absolute atomic E-state index is 0.495. The minimum atomic E-state index is 0.495. The van der Waals surface area contributed by atoms with Crippen LogP contribution in [0.15, 0.2) is 42.7 Å². The van der Waals surface area contributed by atoms with Gasteiger partial charge in [0, 0.05) is 12.7 Å². The van der Waals surface area contributed by atoms with Crippen molar-refractivity contribution >= 4 is 17.1 Å². The lowest BCUT2D eigenvalue weighted by atomic mass is 10.0. The van der Waals surface area contributed by atoms with Gasteiger partial charge in [-0.05, 0) is 23.6 Å². The molecule has 2 N–H and O–H groups in total. The number of anilines is 3. The van der Waals surface area contributed by atoms with Gasteiger partial charge in [-0.2, -0.15) is 0 Å². The second kappa shape index (κ2) is 5.54. The Balaban J connectivity index is 2.28. The highest BCUT2D eigenvalue weighted by Crippen LogP contribution is 2.27. The van der Waals surface area contributed by atoms with Crippen LogP contribution in [0, 0.1) is 0 Å². The standard InChI is InChI=1S/C15H19N3/c1-11(2)14-6-4-5-7-15(14)18-13-8-12(16-3)9-17-10-13/h4-11,16,18H,1-3H3. The second-order valence-electron chi connectivity index (χ2n) is 4.58. The quantitative estimate of drug-likeness (QED) is 0.849. The molecule has 2 aromatic rings. The predicted molar refractivity (Wildman–Crippen MR) is 77.6 cm³/mol. The van der Waals surface area contributed by atoms with Gasteiger partial charge in [-0.3, -0.25) is 4.98 Å². The third-order valence-corrected chi connectivity index (χ3v) is 2.89. The van der Waals surface area contributed by atoms with Gasteiger partial charge in [-0.1, -0.05) is 32.0 Å². The van der Waals surface area contributed by atoms with Gasteiger partial charge in [0.1, 0.15) is 0 Å². The maximum absolute atomic E-state index is 4.20. The van der Waals surface area contributed by atoms with Crippen LogP contribution in [0.5, 0.6) is 0 Å². The fourth-order valence-corrected chi connectivity index (χ4v) is 1.91. The first-order chi connectivity index (χ1) is 8.70. The third-order valence-electron chi connectivity index (χ3n) is 2.89. The number of hydrogen-bond acceptors (Lipinski definition) is 3. The van der Waals surface area contributed by atoms with Gasteiger partial charge in [0.05, 0.1) is 23.8 Å².